The summed E-state index contributed by atoms with van der Waals surface area (Å²) in [5, 5.41) is 0. The summed E-state index contributed by atoms with van der Waals surface area (Å²) in [5.74, 6) is 3.26. The van der Waals surface area contributed by atoms with Gasteiger partial charge in [0.1, 0.15) is 12.3 Å². The lowest BCUT2D eigenvalue weighted by atomic mass is 9.69. The van der Waals surface area contributed by atoms with Crippen LogP contribution in [0.15, 0.2) is 0 Å². The van der Waals surface area contributed by atoms with Gasteiger partial charge in [0.25, 0.3) is 0 Å². The first-order chi connectivity index (χ1) is 12.6. The molecule has 0 saturated heterocycles. The van der Waals surface area contributed by atoms with Crippen LogP contribution in [0, 0.1) is 29.6 Å². The maximum absolute atomic E-state index is 13.7. The quantitative estimate of drug-likeness (QED) is 0.450. The van der Waals surface area contributed by atoms with E-state index in [2.05, 4.69) is 6.92 Å². The highest BCUT2D eigenvalue weighted by atomic mass is 19.2. The molecule has 3 heteroatoms. The standard InChI is InChI=1S/C23H39F3/c1-2-3-16-4-6-17(7-5-16)8-9-18-10-12-19(13-11-18)20-14-21(24)23(26)22(25)15-20/h16-23H,2-15H2,1H3. The van der Waals surface area contributed by atoms with Gasteiger partial charge in [0.2, 0.25) is 0 Å². The van der Waals surface area contributed by atoms with E-state index in [-0.39, 0.29) is 18.8 Å². The van der Waals surface area contributed by atoms with E-state index in [0.717, 1.165) is 30.6 Å². The molecule has 0 aromatic heterocycles. The first-order valence-corrected chi connectivity index (χ1v) is 11.5. The van der Waals surface area contributed by atoms with Gasteiger partial charge in [-0.3, -0.25) is 0 Å². The number of hydrogen-bond donors (Lipinski definition) is 0. The fourth-order valence-electron chi connectivity index (χ4n) is 6.18. The van der Waals surface area contributed by atoms with Crippen LogP contribution in [-0.2, 0) is 0 Å². The Labute approximate surface area is 158 Å². The third-order valence-corrected chi connectivity index (χ3v) is 7.95. The average molecular weight is 373 g/mol. The minimum Gasteiger partial charge on any atom is -0.244 e. The van der Waals surface area contributed by atoms with Gasteiger partial charge in [0.15, 0.2) is 6.17 Å². The zero-order valence-electron chi connectivity index (χ0n) is 16.7. The van der Waals surface area contributed by atoms with Gasteiger partial charge in [-0.25, -0.2) is 13.2 Å². The van der Waals surface area contributed by atoms with Crippen LogP contribution in [0.1, 0.15) is 96.8 Å². The topological polar surface area (TPSA) is 0 Å². The number of rotatable bonds is 6. The van der Waals surface area contributed by atoms with Crippen LogP contribution in [0.25, 0.3) is 0 Å². The SMILES string of the molecule is CCCC1CCC(CCC2CCC(C3CC(F)C(F)C(F)C3)CC2)CC1. The van der Waals surface area contributed by atoms with Crippen molar-refractivity contribution in [2.45, 2.75) is 115 Å². The molecule has 0 N–H and O–H groups in total. The Kier molecular flexibility index (Phi) is 7.75. The molecule has 0 aromatic carbocycles. The van der Waals surface area contributed by atoms with Crippen molar-refractivity contribution in [3.05, 3.63) is 0 Å². The highest BCUT2D eigenvalue weighted by molar-refractivity contribution is 4.91. The first-order valence-electron chi connectivity index (χ1n) is 11.5. The molecule has 3 fully saturated rings. The molecule has 0 radical (unpaired) electrons. The predicted octanol–water partition coefficient (Wildman–Crippen LogP) is 7.60. The summed E-state index contributed by atoms with van der Waals surface area (Å²) in [6.45, 7) is 2.30. The lowest BCUT2D eigenvalue weighted by molar-refractivity contribution is -0.00480. The van der Waals surface area contributed by atoms with Gasteiger partial charge in [0, 0.05) is 0 Å². The second-order valence-corrected chi connectivity index (χ2v) is 9.74. The monoisotopic (exact) mass is 372 g/mol. The van der Waals surface area contributed by atoms with Crippen molar-refractivity contribution in [2.24, 2.45) is 29.6 Å². The third kappa shape index (κ3) is 5.41. The van der Waals surface area contributed by atoms with E-state index in [9.17, 15) is 13.2 Å². The summed E-state index contributed by atoms with van der Waals surface area (Å²) in [4.78, 5) is 0. The molecule has 3 rings (SSSR count). The van der Waals surface area contributed by atoms with Crippen molar-refractivity contribution in [1.29, 1.82) is 0 Å². The van der Waals surface area contributed by atoms with Crippen molar-refractivity contribution in [2.75, 3.05) is 0 Å². The average Bonchev–Trinajstić information content (AvgIpc) is 2.66. The summed E-state index contributed by atoms with van der Waals surface area (Å²) in [7, 11) is 0. The van der Waals surface area contributed by atoms with Gasteiger partial charge in [-0.05, 0) is 55.3 Å². The minimum absolute atomic E-state index is 0.0711. The van der Waals surface area contributed by atoms with Crippen molar-refractivity contribution in [1.82, 2.24) is 0 Å². The van der Waals surface area contributed by atoms with E-state index in [1.165, 1.54) is 64.2 Å². The molecular formula is C23H39F3. The molecule has 2 atom stereocenters. The third-order valence-electron chi connectivity index (χ3n) is 7.95. The fraction of sp³-hybridized carbons (Fsp3) is 1.00. The van der Waals surface area contributed by atoms with Gasteiger partial charge in [-0.1, -0.05) is 71.1 Å². The summed E-state index contributed by atoms with van der Waals surface area (Å²) in [6, 6.07) is 0. The van der Waals surface area contributed by atoms with Crippen LogP contribution in [-0.4, -0.2) is 18.5 Å². The summed E-state index contributed by atoms with van der Waals surface area (Å²) >= 11 is 0. The van der Waals surface area contributed by atoms with Gasteiger partial charge in [-0.15, -0.1) is 0 Å². The Hall–Kier alpha value is -0.210. The van der Waals surface area contributed by atoms with E-state index in [1.807, 2.05) is 0 Å². The Bertz CT molecular complexity index is 384. The molecule has 0 aromatic rings. The summed E-state index contributed by atoms with van der Waals surface area (Å²) in [5.41, 5.74) is 0. The molecule has 3 saturated carbocycles. The van der Waals surface area contributed by atoms with Crippen molar-refractivity contribution >= 4 is 0 Å². The second kappa shape index (κ2) is 9.82. The Morgan fingerprint density at radius 3 is 1.46 bits per heavy atom. The van der Waals surface area contributed by atoms with E-state index in [4.69, 9.17) is 0 Å². The molecule has 0 bridgehead atoms. The highest BCUT2D eigenvalue weighted by Gasteiger charge is 2.42. The van der Waals surface area contributed by atoms with Crippen molar-refractivity contribution < 1.29 is 13.2 Å². The Morgan fingerprint density at radius 2 is 1.00 bits per heavy atom. The second-order valence-electron chi connectivity index (χ2n) is 9.74. The first kappa shape index (κ1) is 20.5. The minimum atomic E-state index is -1.88. The molecule has 0 nitrogen and oxygen atoms in total. The zero-order chi connectivity index (χ0) is 18.5. The van der Waals surface area contributed by atoms with Crippen LogP contribution in [0.4, 0.5) is 13.2 Å². The number of hydrogen-bond acceptors (Lipinski definition) is 0. The number of halogens is 3. The molecule has 2 unspecified atom stereocenters. The van der Waals surface area contributed by atoms with Crippen LogP contribution in [0.3, 0.4) is 0 Å². The predicted molar refractivity (Wildman–Crippen MR) is 102 cm³/mol. The lowest BCUT2D eigenvalue weighted by Gasteiger charge is -2.39. The molecule has 3 aliphatic rings. The zero-order valence-corrected chi connectivity index (χ0v) is 16.7. The Balaban J connectivity index is 1.33. The summed E-state index contributed by atoms with van der Waals surface area (Å²) < 4.78 is 40.8. The van der Waals surface area contributed by atoms with Crippen molar-refractivity contribution in [3.63, 3.8) is 0 Å². The molecule has 3 aliphatic carbocycles. The summed E-state index contributed by atoms with van der Waals surface area (Å²) in [6.07, 6.45) is 11.4. The van der Waals surface area contributed by atoms with Gasteiger partial charge < -0.3 is 0 Å². The van der Waals surface area contributed by atoms with E-state index < -0.39 is 18.5 Å². The molecule has 0 heterocycles. The van der Waals surface area contributed by atoms with Crippen LogP contribution < -0.4 is 0 Å². The van der Waals surface area contributed by atoms with Gasteiger partial charge in [0.05, 0.1) is 0 Å². The normalized spacial score (nSPS) is 44.8. The molecule has 26 heavy (non-hydrogen) atoms. The maximum atomic E-state index is 13.7. The maximum Gasteiger partial charge on any atom is 0.162 e. The number of alkyl halides is 3. The molecule has 0 spiro atoms. The van der Waals surface area contributed by atoms with Crippen molar-refractivity contribution in [3.8, 4) is 0 Å². The highest BCUT2D eigenvalue weighted by Crippen LogP contribution is 2.44. The lowest BCUT2D eigenvalue weighted by Crippen LogP contribution is -2.40. The van der Waals surface area contributed by atoms with E-state index in [1.54, 1.807) is 0 Å². The van der Waals surface area contributed by atoms with Crippen LogP contribution in [0.5, 0.6) is 0 Å². The van der Waals surface area contributed by atoms with Crippen LogP contribution >= 0.6 is 0 Å². The van der Waals surface area contributed by atoms with Crippen LogP contribution in [0.2, 0.25) is 0 Å². The van der Waals surface area contributed by atoms with Gasteiger partial charge >= 0.3 is 0 Å². The smallest absolute Gasteiger partial charge is 0.162 e. The van der Waals surface area contributed by atoms with E-state index >= 15 is 0 Å². The molecule has 0 aliphatic heterocycles. The Morgan fingerprint density at radius 1 is 0.577 bits per heavy atom. The fourth-order valence-corrected chi connectivity index (χ4v) is 6.18. The van der Waals surface area contributed by atoms with Gasteiger partial charge in [-0.2, -0.15) is 0 Å². The van der Waals surface area contributed by atoms with E-state index in [0.29, 0.717) is 5.92 Å². The largest absolute Gasteiger partial charge is 0.244 e. The molecule has 152 valence electrons. The molecule has 0 amide bonds. The molecular weight excluding hydrogens is 333 g/mol.